The van der Waals surface area contributed by atoms with Gasteiger partial charge in [-0.15, -0.1) is 0 Å². The van der Waals surface area contributed by atoms with E-state index < -0.39 is 0 Å². The fourth-order valence-corrected chi connectivity index (χ4v) is 2.04. The second-order valence-electron chi connectivity index (χ2n) is 3.81. The van der Waals surface area contributed by atoms with Crippen molar-refractivity contribution in [3.05, 3.63) is 33.8 Å². The van der Waals surface area contributed by atoms with Crippen molar-refractivity contribution < 1.29 is 4.42 Å². The maximum Gasteiger partial charge on any atom is 0.266 e. The molecule has 2 heterocycles. The topological polar surface area (TPSA) is 112 Å². The normalized spacial score (nSPS) is 10.3. The SMILES string of the molecule is N#Cc1cc2nc(-c3nc(Cl)nc(Cl)n3)oc2cc1C#N. The average molecular weight is 317 g/mol. The lowest BCUT2D eigenvalue weighted by Gasteiger charge is -1.94. The number of aromatic nitrogens is 4. The van der Waals surface area contributed by atoms with Crippen molar-refractivity contribution >= 4 is 34.3 Å². The number of nitrogens with zero attached hydrogens (tertiary/aromatic N) is 6. The van der Waals surface area contributed by atoms with Crippen LogP contribution in [0.4, 0.5) is 0 Å². The highest BCUT2D eigenvalue weighted by atomic mass is 35.5. The summed E-state index contributed by atoms with van der Waals surface area (Å²) in [6, 6.07) is 6.71. The van der Waals surface area contributed by atoms with Crippen LogP contribution in [0.2, 0.25) is 10.6 Å². The van der Waals surface area contributed by atoms with Crippen molar-refractivity contribution in [1.82, 2.24) is 19.9 Å². The van der Waals surface area contributed by atoms with Gasteiger partial charge in [0.25, 0.3) is 5.89 Å². The largest absolute Gasteiger partial charge is 0.433 e. The molecule has 0 unspecified atom stereocenters. The second-order valence-corrected chi connectivity index (χ2v) is 4.48. The number of hydrogen-bond donors (Lipinski definition) is 0. The van der Waals surface area contributed by atoms with Crippen LogP contribution in [0.5, 0.6) is 0 Å². The van der Waals surface area contributed by atoms with Gasteiger partial charge in [-0.2, -0.15) is 25.5 Å². The van der Waals surface area contributed by atoms with E-state index in [2.05, 4.69) is 19.9 Å². The molecule has 0 saturated carbocycles. The van der Waals surface area contributed by atoms with Gasteiger partial charge in [-0.05, 0) is 29.3 Å². The van der Waals surface area contributed by atoms with Crippen molar-refractivity contribution in [2.45, 2.75) is 0 Å². The summed E-state index contributed by atoms with van der Waals surface area (Å²) < 4.78 is 5.46. The maximum atomic E-state index is 8.98. The maximum absolute atomic E-state index is 8.98. The third-order valence-corrected chi connectivity index (χ3v) is 2.88. The van der Waals surface area contributed by atoms with E-state index in [4.69, 9.17) is 38.1 Å². The van der Waals surface area contributed by atoms with E-state index in [1.807, 2.05) is 12.1 Å². The first-order valence-corrected chi connectivity index (χ1v) is 6.18. The molecule has 9 heteroatoms. The smallest absolute Gasteiger partial charge is 0.266 e. The van der Waals surface area contributed by atoms with Gasteiger partial charge in [0.15, 0.2) is 5.58 Å². The minimum atomic E-state index is -0.0947. The van der Waals surface area contributed by atoms with Crippen molar-refractivity contribution in [2.75, 3.05) is 0 Å². The number of hydrogen-bond acceptors (Lipinski definition) is 7. The van der Waals surface area contributed by atoms with E-state index in [1.54, 1.807) is 0 Å². The fraction of sp³-hybridized carbons (Fsp3) is 0. The summed E-state index contributed by atoms with van der Waals surface area (Å²) in [5, 5.41) is 17.8. The Balaban J connectivity index is 2.22. The molecule has 0 bridgehead atoms. The Morgan fingerprint density at radius 1 is 0.905 bits per heavy atom. The molecule has 0 aliphatic heterocycles. The molecule has 21 heavy (non-hydrogen) atoms. The molecule has 0 N–H and O–H groups in total. The molecule has 0 aliphatic carbocycles. The summed E-state index contributed by atoms with van der Waals surface area (Å²) in [6.45, 7) is 0. The molecule has 0 aliphatic rings. The first-order valence-electron chi connectivity index (χ1n) is 5.43. The number of benzene rings is 1. The van der Waals surface area contributed by atoms with Crippen LogP contribution >= 0.6 is 23.2 Å². The van der Waals surface area contributed by atoms with Crippen molar-refractivity contribution in [3.63, 3.8) is 0 Å². The number of rotatable bonds is 1. The third-order valence-electron chi connectivity index (χ3n) is 2.54. The first kappa shape index (κ1) is 13.3. The van der Waals surface area contributed by atoms with Crippen molar-refractivity contribution in [1.29, 1.82) is 10.5 Å². The van der Waals surface area contributed by atoms with Crippen LogP contribution in [0, 0.1) is 22.7 Å². The molecule has 100 valence electrons. The van der Waals surface area contributed by atoms with Crippen LogP contribution < -0.4 is 0 Å². The number of nitriles is 2. The molecule has 0 radical (unpaired) electrons. The Morgan fingerprint density at radius 2 is 1.52 bits per heavy atom. The van der Waals surface area contributed by atoms with Crippen LogP contribution in [0.25, 0.3) is 22.8 Å². The molecule has 0 saturated heterocycles. The van der Waals surface area contributed by atoms with Gasteiger partial charge < -0.3 is 4.42 Å². The molecule has 0 fully saturated rings. The van der Waals surface area contributed by atoms with Crippen molar-refractivity contribution in [2.24, 2.45) is 0 Å². The van der Waals surface area contributed by atoms with Gasteiger partial charge in [-0.3, -0.25) is 0 Å². The summed E-state index contributed by atoms with van der Waals surface area (Å²) in [5.41, 5.74) is 1.12. The highest BCUT2D eigenvalue weighted by molar-refractivity contribution is 6.31. The van der Waals surface area contributed by atoms with Crippen LogP contribution in [0.1, 0.15) is 11.1 Å². The van der Waals surface area contributed by atoms with Gasteiger partial charge in [0, 0.05) is 6.07 Å². The monoisotopic (exact) mass is 316 g/mol. The van der Waals surface area contributed by atoms with E-state index in [9.17, 15) is 0 Å². The molecule has 3 rings (SSSR count). The summed E-state index contributed by atoms with van der Waals surface area (Å²) in [5.74, 6) is 0.128. The zero-order chi connectivity index (χ0) is 15.0. The molecular formula is C12H2Cl2N6O. The predicted octanol–water partition coefficient (Wildman–Crippen LogP) is 2.73. The van der Waals surface area contributed by atoms with E-state index in [0.29, 0.717) is 11.1 Å². The Hall–Kier alpha value is -2.74. The predicted molar refractivity (Wildman–Crippen MR) is 72.3 cm³/mol. The molecular weight excluding hydrogens is 315 g/mol. The minimum absolute atomic E-state index is 0.0632. The molecule has 7 nitrogen and oxygen atoms in total. The van der Waals surface area contributed by atoms with E-state index in [0.717, 1.165) is 0 Å². The van der Waals surface area contributed by atoms with Crippen molar-refractivity contribution in [3.8, 4) is 23.9 Å². The summed E-state index contributed by atoms with van der Waals surface area (Å²) in [6.07, 6.45) is 0. The number of halogens is 2. The van der Waals surface area contributed by atoms with Gasteiger partial charge in [0.2, 0.25) is 16.4 Å². The zero-order valence-corrected chi connectivity index (χ0v) is 11.5. The van der Waals surface area contributed by atoms with Gasteiger partial charge in [0.05, 0.1) is 11.1 Å². The molecule has 3 aromatic rings. The Kier molecular flexibility index (Phi) is 3.15. The van der Waals surface area contributed by atoms with E-state index >= 15 is 0 Å². The van der Waals surface area contributed by atoms with Crippen LogP contribution in [-0.2, 0) is 0 Å². The fourth-order valence-electron chi connectivity index (χ4n) is 1.68. The Morgan fingerprint density at radius 3 is 2.14 bits per heavy atom. The number of oxazole rings is 1. The highest BCUT2D eigenvalue weighted by Crippen LogP contribution is 2.25. The van der Waals surface area contributed by atoms with Gasteiger partial charge in [0.1, 0.15) is 17.7 Å². The van der Waals surface area contributed by atoms with Gasteiger partial charge in [-0.1, -0.05) is 0 Å². The minimum Gasteiger partial charge on any atom is -0.433 e. The quantitative estimate of drug-likeness (QED) is 0.678. The number of fused-ring (bicyclic) bond motifs is 1. The molecule has 1 aromatic carbocycles. The molecule has 0 amide bonds. The lowest BCUT2D eigenvalue weighted by Crippen LogP contribution is -1.93. The first-order chi connectivity index (χ1) is 10.1. The zero-order valence-electron chi connectivity index (χ0n) is 10.0. The molecule has 0 atom stereocenters. The van der Waals surface area contributed by atoms with E-state index in [-0.39, 0.29) is 33.4 Å². The van der Waals surface area contributed by atoms with Crippen LogP contribution in [-0.4, -0.2) is 19.9 Å². The third kappa shape index (κ3) is 2.36. The second kappa shape index (κ2) is 4.98. The summed E-state index contributed by atoms with van der Waals surface area (Å²) >= 11 is 11.4. The average Bonchev–Trinajstić information content (AvgIpc) is 2.87. The van der Waals surface area contributed by atoms with Gasteiger partial charge >= 0.3 is 0 Å². The Bertz CT molecular complexity index is 882. The Labute approximate surface area is 127 Å². The van der Waals surface area contributed by atoms with Gasteiger partial charge in [-0.25, -0.2) is 4.98 Å². The summed E-state index contributed by atoms with van der Waals surface area (Å²) in [4.78, 5) is 15.5. The van der Waals surface area contributed by atoms with Crippen LogP contribution in [0.3, 0.4) is 0 Å². The molecule has 0 spiro atoms. The lowest BCUT2D eigenvalue weighted by atomic mass is 10.1. The van der Waals surface area contributed by atoms with Crippen LogP contribution in [0.15, 0.2) is 16.5 Å². The highest BCUT2D eigenvalue weighted by Gasteiger charge is 2.15. The summed E-state index contributed by atoms with van der Waals surface area (Å²) in [7, 11) is 0. The molecule has 2 aromatic heterocycles. The van der Waals surface area contributed by atoms with E-state index in [1.165, 1.54) is 12.1 Å². The standard InChI is InChI=1S/C12H2Cl2N6O/c13-11-18-9(19-12(14)20-11)10-17-7-1-5(3-15)6(4-16)2-8(7)21-10/h1-2H. The lowest BCUT2D eigenvalue weighted by molar-refractivity contribution is 0.612.